The smallest absolute Gasteiger partial charge is 0.328 e. The number of nitrogens with two attached hydrogens (primary N) is 2. The van der Waals surface area contributed by atoms with Crippen LogP contribution in [0.25, 0.3) is 10.9 Å². The number of esters is 1. The molecule has 1 aromatic heterocycles. The van der Waals surface area contributed by atoms with Crippen LogP contribution in [0.4, 0.5) is 0 Å². The Morgan fingerprint density at radius 3 is 2.41 bits per heavy atom. The fourth-order valence-electron chi connectivity index (χ4n) is 4.26. The number of hydrogen-bond acceptors (Lipinski definition) is 8. The van der Waals surface area contributed by atoms with Crippen molar-refractivity contribution in [3.05, 3.63) is 82.0 Å². The monoisotopic (exact) mass is 566 g/mol. The summed E-state index contributed by atoms with van der Waals surface area (Å²) in [5.41, 5.74) is 15.8. The number of benzene rings is 2. The zero-order chi connectivity index (χ0) is 29.8. The highest BCUT2D eigenvalue weighted by Crippen LogP contribution is 2.19. The number of aromatic amines is 1. The van der Waals surface area contributed by atoms with Gasteiger partial charge in [0.15, 0.2) is 5.03 Å². The molecule has 14 heteroatoms. The van der Waals surface area contributed by atoms with Crippen molar-refractivity contribution < 1.29 is 24.2 Å². The fourth-order valence-corrected chi connectivity index (χ4v) is 4.26. The minimum atomic E-state index is -1.08. The lowest BCUT2D eigenvalue weighted by atomic mass is 10.0. The van der Waals surface area contributed by atoms with Gasteiger partial charge in [0.2, 0.25) is 11.8 Å². The molecule has 0 radical (unpaired) electrons. The largest absolute Gasteiger partial charge is 0.467 e. The van der Waals surface area contributed by atoms with Crippen molar-refractivity contribution in [1.82, 2.24) is 21.0 Å². The molecule has 0 spiro atoms. The van der Waals surface area contributed by atoms with Gasteiger partial charge in [0.1, 0.15) is 12.1 Å². The van der Waals surface area contributed by atoms with Crippen LogP contribution >= 0.6 is 0 Å². The summed E-state index contributed by atoms with van der Waals surface area (Å²) in [6, 6.07) is 13.7. The number of guanidine groups is 1. The number of carbonyl (C=O) groups is 3. The summed E-state index contributed by atoms with van der Waals surface area (Å²) in [7, 11) is 1.22. The van der Waals surface area contributed by atoms with Gasteiger partial charge in [-0.05, 0) is 36.5 Å². The summed E-state index contributed by atoms with van der Waals surface area (Å²) in [5.74, 6) is -2.23. The van der Waals surface area contributed by atoms with Crippen molar-refractivity contribution in [3.63, 3.8) is 0 Å². The van der Waals surface area contributed by atoms with E-state index in [9.17, 15) is 24.5 Å². The predicted octanol–water partition coefficient (Wildman–Crippen LogP) is 0.299. The molecule has 218 valence electrons. The molecule has 0 saturated heterocycles. The van der Waals surface area contributed by atoms with Crippen molar-refractivity contribution in [2.24, 2.45) is 16.5 Å². The van der Waals surface area contributed by atoms with Gasteiger partial charge in [-0.2, -0.15) is 0 Å². The Kier molecular flexibility index (Phi) is 11.2. The van der Waals surface area contributed by atoms with Crippen molar-refractivity contribution in [1.29, 1.82) is 0 Å². The second-order valence-corrected chi connectivity index (χ2v) is 9.28. The van der Waals surface area contributed by atoms with Crippen molar-refractivity contribution in [3.8, 4) is 0 Å². The Bertz CT molecular complexity index is 1380. The van der Waals surface area contributed by atoms with Crippen LogP contribution in [-0.2, 0) is 32.0 Å². The number of ether oxygens (including phenoxy) is 1. The number of nitrogens with one attached hydrogen (secondary N) is 4. The Balaban J connectivity index is 1.73. The number of H-pyrrole nitrogens is 1. The first-order valence-corrected chi connectivity index (χ1v) is 12.9. The molecule has 0 aliphatic heterocycles. The van der Waals surface area contributed by atoms with Gasteiger partial charge in [0, 0.05) is 30.1 Å². The van der Waals surface area contributed by atoms with Gasteiger partial charge in [0.25, 0.3) is 5.96 Å². The summed E-state index contributed by atoms with van der Waals surface area (Å²) >= 11 is 0. The first-order chi connectivity index (χ1) is 19.7. The molecule has 3 aromatic rings. The van der Waals surface area contributed by atoms with Gasteiger partial charge in [0.05, 0.1) is 13.2 Å². The molecule has 0 bridgehead atoms. The minimum Gasteiger partial charge on any atom is -0.467 e. The van der Waals surface area contributed by atoms with Crippen molar-refractivity contribution >= 4 is 34.6 Å². The molecule has 41 heavy (non-hydrogen) atoms. The summed E-state index contributed by atoms with van der Waals surface area (Å²) in [5, 5.41) is 15.9. The Labute approximate surface area is 236 Å². The maximum Gasteiger partial charge on any atom is 0.328 e. The van der Waals surface area contributed by atoms with Crippen LogP contribution < -0.4 is 27.5 Å². The van der Waals surface area contributed by atoms with Crippen LogP contribution in [0, 0.1) is 10.1 Å². The number of amides is 2. The molecule has 0 aliphatic rings. The van der Waals surface area contributed by atoms with Crippen LogP contribution in [0.15, 0.2) is 65.8 Å². The van der Waals surface area contributed by atoms with Gasteiger partial charge in [-0.1, -0.05) is 54.0 Å². The molecule has 14 nitrogen and oxygen atoms in total. The third kappa shape index (κ3) is 9.32. The van der Waals surface area contributed by atoms with Crippen molar-refractivity contribution in [2.45, 2.75) is 43.8 Å². The van der Waals surface area contributed by atoms with E-state index < -0.39 is 46.9 Å². The summed E-state index contributed by atoms with van der Waals surface area (Å²) in [6.45, 7) is 0.0398. The predicted molar refractivity (Wildman–Crippen MR) is 152 cm³/mol. The maximum absolute atomic E-state index is 13.4. The van der Waals surface area contributed by atoms with Gasteiger partial charge in [-0.25, -0.2) is 19.9 Å². The van der Waals surface area contributed by atoms with E-state index >= 15 is 0 Å². The lowest BCUT2D eigenvalue weighted by Crippen LogP contribution is -2.55. The number of nitro groups is 1. The second kappa shape index (κ2) is 15.0. The lowest BCUT2D eigenvalue weighted by molar-refractivity contribution is -0.525. The number of methoxy groups -OCH3 is 1. The van der Waals surface area contributed by atoms with E-state index in [1.807, 2.05) is 54.6 Å². The zero-order valence-corrected chi connectivity index (χ0v) is 22.5. The summed E-state index contributed by atoms with van der Waals surface area (Å²) in [6.07, 6.45) is 2.48. The Hall–Kier alpha value is -4.98. The quantitative estimate of drug-likeness (QED) is 0.0394. The Morgan fingerprint density at radius 1 is 1.02 bits per heavy atom. The molecule has 2 amide bonds. The van der Waals surface area contributed by atoms with Crippen LogP contribution in [0.3, 0.4) is 0 Å². The van der Waals surface area contributed by atoms with Gasteiger partial charge >= 0.3 is 5.97 Å². The van der Waals surface area contributed by atoms with E-state index in [1.54, 1.807) is 11.6 Å². The van der Waals surface area contributed by atoms with Crippen molar-refractivity contribution in [2.75, 3.05) is 13.7 Å². The average molecular weight is 567 g/mol. The van der Waals surface area contributed by atoms with E-state index in [0.717, 1.165) is 22.0 Å². The molecule has 0 aliphatic carbocycles. The van der Waals surface area contributed by atoms with Gasteiger partial charge in [-0.15, -0.1) is 0 Å². The highest BCUT2D eigenvalue weighted by molar-refractivity contribution is 5.92. The maximum atomic E-state index is 13.4. The number of aliphatic imine (C=N–C) groups is 1. The molecule has 8 N–H and O–H groups in total. The third-order valence-electron chi connectivity index (χ3n) is 6.31. The standard InChI is InChI=1S/C27H34N8O6/c1-41-26(38)23(15-18-16-31-21-11-6-5-10-19(18)21)33-25(37)22(12-7-13-30-27(29)34-35(39)40)32-24(36)20(28)14-17-8-3-2-4-9-17/h2-6,8-11,16,20,22-23,31H,7,12-15,28H2,1H3,(H,32,36)(H,33,37)(H3,29,30,34)/t20-,22+,23+/m1/s1. The molecule has 2 aromatic carbocycles. The third-order valence-corrected chi connectivity index (χ3v) is 6.31. The number of hydrazine groups is 1. The first-order valence-electron chi connectivity index (χ1n) is 12.9. The highest BCUT2D eigenvalue weighted by atomic mass is 16.7. The number of aromatic nitrogens is 1. The highest BCUT2D eigenvalue weighted by Gasteiger charge is 2.29. The number of nitrogens with zero attached hydrogens (tertiary/aromatic N) is 2. The number of para-hydroxylation sites is 1. The molecule has 0 saturated carbocycles. The lowest BCUT2D eigenvalue weighted by Gasteiger charge is -2.23. The molecule has 1 heterocycles. The average Bonchev–Trinajstić information content (AvgIpc) is 3.36. The zero-order valence-electron chi connectivity index (χ0n) is 22.5. The SMILES string of the molecule is COC(=O)[C@H](Cc1c[nH]c2ccccc12)NC(=O)[C@H](CCCN=C(N)N[N+](=O)[O-])NC(=O)[C@H](N)Cc1ccccc1. The normalized spacial score (nSPS) is 13.6. The number of carbonyl (C=O) groups excluding carboxylic acids is 3. The molecular formula is C27H34N8O6. The molecular weight excluding hydrogens is 532 g/mol. The fraction of sp³-hybridized carbons (Fsp3) is 0.333. The van der Waals surface area contributed by atoms with Gasteiger partial charge < -0.3 is 31.8 Å². The number of fused-ring (bicyclic) bond motifs is 1. The van der Waals surface area contributed by atoms with Crippen LogP contribution in [0.1, 0.15) is 24.0 Å². The number of hydrogen-bond donors (Lipinski definition) is 6. The molecule has 0 unspecified atom stereocenters. The minimum absolute atomic E-state index is 0.0398. The van der Waals surface area contributed by atoms with Crippen LogP contribution in [0.5, 0.6) is 0 Å². The van der Waals surface area contributed by atoms with E-state index in [1.165, 1.54) is 7.11 Å². The summed E-state index contributed by atoms with van der Waals surface area (Å²) < 4.78 is 4.93. The number of rotatable bonds is 14. The topological polar surface area (TPSA) is 220 Å². The van der Waals surface area contributed by atoms with Crippen LogP contribution in [0.2, 0.25) is 0 Å². The van der Waals surface area contributed by atoms with E-state index in [2.05, 4.69) is 20.6 Å². The van der Waals surface area contributed by atoms with E-state index in [0.29, 0.717) is 0 Å². The van der Waals surface area contributed by atoms with Crippen LogP contribution in [-0.4, -0.2) is 65.5 Å². The molecule has 3 atom stereocenters. The van der Waals surface area contributed by atoms with E-state index in [4.69, 9.17) is 16.2 Å². The summed E-state index contributed by atoms with van der Waals surface area (Å²) in [4.78, 5) is 56.5. The second-order valence-electron chi connectivity index (χ2n) is 9.28. The molecule has 0 fully saturated rings. The first kappa shape index (κ1) is 30.6. The van der Waals surface area contributed by atoms with Gasteiger partial charge in [-0.3, -0.25) is 9.59 Å². The van der Waals surface area contributed by atoms with E-state index in [-0.39, 0.29) is 32.2 Å². The Morgan fingerprint density at radius 2 is 1.71 bits per heavy atom. The molecule has 3 rings (SSSR count).